The van der Waals surface area contributed by atoms with Crippen LogP contribution in [0.25, 0.3) is 21.8 Å². The van der Waals surface area contributed by atoms with E-state index in [0.717, 1.165) is 17.6 Å². The molecule has 4 aromatic rings. The van der Waals surface area contributed by atoms with Gasteiger partial charge in [-0.2, -0.15) is 0 Å². The molecule has 114 valence electrons. The lowest BCUT2D eigenvalue weighted by atomic mass is 10.1. The number of carbonyl (C=O) groups is 1. The maximum atomic E-state index is 12.2. The summed E-state index contributed by atoms with van der Waals surface area (Å²) in [5.41, 5.74) is 3.20. The quantitative estimate of drug-likeness (QED) is 0.603. The molecule has 0 aliphatic rings. The molecule has 0 saturated heterocycles. The second-order valence-electron chi connectivity index (χ2n) is 5.32. The van der Waals surface area contributed by atoms with Gasteiger partial charge in [0.1, 0.15) is 4.88 Å². The van der Waals surface area contributed by atoms with Gasteiger partial charge in [0, 0.05) is 40.2 Å². The van der Waals surface area contributed by atoms with Gasteiger partial charge in [0.05, 0.1) is 0 Å². The number of nitrogens with one attached hydrogen (secondary N) is 1. The second kappa shape index (κ2) is 5.52. The van der Waals surface area contributed by atoms with Gasteiger partial charge in [-0.15, -0.1) is 0 Å². The minimum atomic E-state index is -0.119. The number of para-hydroxylation sites is 1. The molecular weight excluding hydrogens is 306 g/mol. The van der Waals surface area contributed by atoms with E-state index in [2.05, 4.69) is 45.4 Å². The van der Waals surface area contributed by atoms with E-state index in [-0.39, 0.29) is 5.91 Å². The summed E-state index contributed by atoms with van der Waals surface area (Å²) < 4.78 is 6.26. The summed E-state index contributed by atoms with van der Waals surface area (Å²) in [6, 6.07) is 16.1. The second-order valence-corrected chi connectivity index (χ2v) is 6.16. The number of fused-ring (bicyclic) bond motifs is 3. The highest BCUT2D eigenvalue weighted by Crippen LogP contribution is 2.31. The molecule has 5 heteroatoms. The molecule has 4 nitrogen and oxygen atoms in total. The maximum Gasteiger partial charge on any atom is 0.267 e. The highest BCUT2D eigenvalue weighted by Gasteiger charge is 2.12. The molecule has 1 amide bonds. The first-order valence-electron chi connectivity index (χ1n) is 7.51. The normalized spacial score (nSPS) is 11.2. The fourth-order valence-electron chi connectivity index (χ4n) is 3.00. The molecule has 0 atom stereocenters. The minimum absolute atomic E-state index is 0.119. The summed E-state index contributed by atoms with van der Waals surface area (Å²) in [6.45, 7) is 3.06. The lowest BCUT2D eigenvalue weighted by molar-refractivity contribution is 0.103. The van der Waals surface area contributed by atoms with Crippen molar-refractivity contribution in [3.63, 3.8) is 0 Å². The van der Waals surface area contributed by atoms with Crippen LogP contribution in [0.1, 0.15) is 16.6 Å². The summed E-state index contributed by atoms with van der Waals surface area (Å²) in [5, 5.41) is 5.31. The van der Waals surface area contributed by atoms with Crippen LogP contribution in [0.2, 0.25) is 0 Å². The van der Waals surface area contributed by atoms with Crippen molar-refractivity contribution in [1.82, 2.24) is 8.94 Å². The highest BCUT2D eigenvalue weighted by atomic mass is 32.1. The van der Waals surface area contributed by atoms with Crippen molar-refractivity contribution < 1.29 is 4.79 Å². The Kier molecular flexibility index (Phi) is 3.35. The number of amides is 1. The van der Waals surface area contributed by atoms with Crippen molar-refractivity contribution in [2.24, 2.45) is 0 Å². The van der Waals surface area contributed by atoms with Crippen LogP contribution in [-0.2, 0) is 6.54 Å². The van der Waals surface area contributed by atoms with Gasteiger partial charge in [-0.3, -0.25) is 4.79 Å². The first-order valence-corrected chi connectivity index (χ1v) is 8.28. The molecule has 0 radical (unpaired) electrons. The molecule has 0 saturated carbocycles. The van der Waals surface area contributed by atoms with E-state index in [1.54, 1.807) is 12.3 Å². The zero-order valence-electron chi connectivity index (χ0n) is 12.6. The number of rotatable bonds is 3. The first kappa shape index (κ1) is 14.0. The van der Waals surface area contributed by atoms with Crippen LogP contribution in [0.3, 0.4) is 0 Å². The molecule has 0 spiro atoms. The summed E-state index contributed by atoms with van der Waals surface area (Å²) in [7, 11) is 0. The van der Waals surface area contributed by atoms with Gasteiger partial charge in [-0.1, -0.05) is 18.2 Å². The van der Waals surface area contributed by atoms with Gasteiger partial charge in [-0.25, -0.2) is 4.37 Å². The van der Waals surface area contributed by atoms with Crippen LogP contribution < -0.4 is 5.32 Å². The summed E-state index contributed by atoms with van der Waals surface area (Å²) in [5.74, 6) is -0.119. The van der Waals surface area contributed by atoms with E-state index >= 15 is 0 Å². The van der Waals surface area contributed by atoms with E-state index in [1.807, 2.05) is 18.2 Å². The Morgan fingerprint density at radius 2 is 1.96 bits per heavy atom. The average molecular weight is 321 g/mol. The molecule has 0 unspecified atom stereocenters. The van der Waals surface area contributed by atoms with Crippen LogP contribution in [0.15, 0.2) is 54.7 Å². The molecule has 0 aliphatic heterocycles. The molecule has 23 heavy (non-hydrogen) atoms. The highest BCUT2D eigenvalue weighted by molar-refractivity contribution is 7.08. The Labute approximate surface area is 137 Å². The molecule has 0 fully saturated rings. The minimum Gasteiger partial charge on any atom is -0.341 e. The van der Waals surface area contributed by atoms with Crippen LogP contribution in [0, 0.1) is 0 Å². The molecule has 2 aromatic carbocycles. The van der Waals surface area contributed by atoms with Crippen LogP contribution in [-0.4, -0.2) is 14.8 Å². The number of hydrogen-bond donors (Lipinski definition) is 1. The number of aromatic nitrogens is 2. The van der Waals surface area contributed by atoms with Gasteiger partial charge in [-0.05, 0) is 48.8 Å². The Hall–Kier alpha value is -2.66. The fourth-order valence-corrected chi connectivity index (χ4v) is 3.49. The van der Waals surface area contributed by atoms with E-state index in [9.17, 15) is 4.79 Å². The zero-order chi connectivity index (χ0) is 15.8. The van der Waals surface area contributed by atoms with Crippen molar-refractivity contribution in [3.05, 3.63) is 59.6 Å². The van der Waals surface area contributed by atoms with Crippen molar-refractivity contribution in [1.29, 1.82) is 0 Å². The van der Waals surface area contributed by atoms with E-state index in [4.69, 9.17) is 0 Å². The van der Waals surface area contributed by atoms with Gasteiger partial charge >= 0.3 is 0 Å². The third-order valence-corrected chi connectivity index (χ3v) is 4.75. The molecule has 2 heterocycles. The number of aryl methyl sites for hydroxylation is 1. The van der Waals surface area contributed by atoms with Crippen LogP contribution in [0.4, 0.5) is 5.69 Å². The summed E-state index contributed by atoms with van der Waals surface area (Å²) >= 11 is 1.20. The molecule has 0 bridgehead atoms. The van der Waals surface area contributed by atoms with Gasteiger partial charge in [0.25, 0.3) is 5.91 Å². The number of carbonyl (C=O) groups excluding carboxylic acids is 1. The number of nitrogens with zero attached hydrogens (tertiary/aromatic N) is 2. The Balaban J connectivity index is 1.81. The third kappa shape index (κ3) is 2.29. The van der Waals surface area contributed by atoms with Crippen molar-refractivity contribution >= 4 is 44.9 Å². The Morgan fingerprint density at radius 3 is 2.74 bits per heavy atom. The van der Waals surface area contributed by atoms with Crippen LogP contribution in [0.5, 0.6) is 0 Å². The van der Waals surface area contributed by atoms with Gasteiger partial charge in [0.2, 0.25) is 0 Å². The predicted molar refractivity (Wildman–Crippen MR) is 95.2 cm³/mol. The average Bonchev–Trinajstić information content (AvgIpc) is 3.21. The third-order valence-electron chi connectivity index (χ3n) is 4.01. The first-order chi connectivity index (χ1) is 11.3. The lowest BCUT2D eigenvalue weighted by Crippen LogP contribution is -2.09. The summed E-state index contributed by atoms with van der Waals surface area (Å²) in [4.78, 5) is 12.8. The fraction of sp³-hybridized carbons (Fsp3) is 0.111. The summed E-state index contributed by atoms with van der Waals surface area (Å²) in [6.07, 6.45) is 1.64. The predicted octanol–water partition coefficient (Wildman–Crippen LogP) is 4.52. The molecule has 2 aromatic heterocycles. The van der Waals surface area contributed by atoms with Gasteiger partial charge in [0.15, 0.2) is 0 Å². The van der Waals surface area contributed by atoms with Crippen molar-refractivity contribution in [3.8, 4) is 0 Å². The zero-order valence-corrected chi connectivity index (χ0v) is 13.4. The van der Waals surface area contributed by atoms with Crippen LogP contribution >= 0.6 is 11.5 Å². The smallest absolute Gasteiger partial charge is 0.267 e. The number of anilines is 1. The monoisotopic (exact) mass is 321 g/mol. The Bertz CT molecular complexity index is 1000. The van der Waals surface area contributed by atoms with E-state index < -0.39 is 0 Å². The molecule has 0 aliphatic carbocycles. The lowest BCUT2D eigenvalue weighted by Gasteiger charge is -2.05. The number of hydrogen-bond acceptors (Lipinski definition) is 3. The molecule has 1 N–H and O–H groups in total. The Morgan fingerprint density at radius 1 is 1.13 bits per heavy atom. The van der Waals surface area contributed by atoms with Crippen molar-refractivity contribution in [2.75, 3.05) is 5.32 Å². The molecule has 4 rings (SSSR count). The maximum absolute atomic E-state index is 12.2. The SMILES string of the molecule is CCn1c2ccccc2c2cc(NC(=O)c3ccns3)ccc21. The van der Waals surface area contributed by atoms with Gasteiger partial charge < -0.3 is 9.88 Å². The number of benzene rings is 2. The van der Waals surface area contributed by atoms with E-state index in [1.165, 1.54) is 28.0 Å². The topological polar surface area (TPSA) is 46.9 Å². The standard InChI is InChI=1S/C18H15N3OS/c1-2-21-15-6-4-3-5-13(15)14-11-12(7-8-16(14)21)20-18(22)17-9-10-19-23-17/h3-11H,2H2,1H3,(H,20,22). The molecular formula is C18H15N3OS. The largest absolute Gasteiger partial charge is 0.341 e. The van der Waals surface area contributed by atoms with E-state index in [0.29, 0.717) is 4.88 Å². The van der Waals surface area contributed by atoms with Crippen molar-refractivity contribution in [2.45, 2.75) is 13.5 Å².